The average Bonchev–Trinajstić information content (AvgIpc) is 3.40. The summed E-state index contributed by atoms with van der Waals surface area (Å²) in [6.45, 7) is -0.107. The molecule has 1 aromatic heterocycles. The third kappa shape index (κ3) is 5.81. The SMILES string of the molecule is COc1ccc(S(=O)(=O)N2CCN(C(CC3CCCCC3)C(=O)Nc3nccs3)C(=O)C2)cc1OC. The van der Waals surface area contributed by atoms with E-state index in [0.717, 1.165) is 30.0 Å². The van der Waals surface area contributed by atoms with Crippen molar-refractivity contribution in [3.63, 3.8) is 0 Å². The van der Waals surface area contributed by atoms with Gasteiger partial charge in [-0.05, 0) is 24.5 Å². The molecule has 36 heavy (non-hydrogen) atoms. The highest BCUT2D eigenvalue weighted by Gasteiger charge is 2.39. The summed E-state index contributed by atoms with van der Waals surface area (Å²) in [5, 5.41) is 5.09. The van der Waals surface area contributed by atoms with Gasteiger partial charge in [-0.2, -0.15) is 4.31 Å². The summed E-state index contributed by atoms with van der Waals surface area (Å²) in [6, 6.07) is 3.67. The molecule has 2 fully saturated rings. The third-order valence-electron chi connectivity index (χ3n) is 6.84. The molecule has 1 saturated heterocycles. The minimum absolute atomic E-state index is 0.0154. The van der Waals surface area contributed by atoms with Gasteiger partial charge in [0.2, 0.25) is 21.8 Å². The van der Waals surface area contributed by atoms with Crippen LogP contribution in [-0.2, 0) is 19.6 Å². The van der Waals surface area contributed by atoms with Crippen LogP contribution in [0, 0.1) is 5.92 Å². The summed E-state index contributed by atoms with van der Waals surface area (Å²) in [6.07, 6.45) is 7.67. The first-order chi connectivity index (χ1) is 17.3. The van der Waals surface area contributed by atoms with Gasteiger partial charge < -0.3 is 19.7 Å². The first-order valence-electron chi connectivity index (χ1n) is 12.1. The molecular weight excluding hydrogens is 504 g/mol. The van der Waals surface area contributed by atoms with Crippen LogP contribution in [0.1, 0.15) is 38.5 Å². The largest absolute Gasteiger partial charge is 0.493 e. The zero-order chi connectivity index (χ0) is 25.7. The first-order valence-corrected chi connectivity index (χ1v) is 14.4. The normalized spacial score (nSPS) is 18.6. The fourth-order valence-electron chi connectivity index (χ4n) is 4.91. The maximum atomic E-state index is 13.3. The van der Waals surface area contributed by atoms with Crippen LogP contribution in [0.15, 0.2) is 34.7 Å². The van der Waals surface area contributed by atoms with E-state index in [1.54, 1.807) is 11.6 Å². The predicted octanol–water partition coefficient (Wildman–Crippen LogP) is 2.97. The van der Waals surface area contributed by atoms with Crippen LogP contribution >= 0.6 is 11.3 Å². The van der Waals surface area contributed by atoms with Crippen molar-refractivity contribution >= 4 is 38.3 Å². The minimum Gasteiger partial charge on any atom is -0.493 e. The standard InChI is InChI=1S/C24H32N4O6S2/c1-33-20-9-8-18(15-21(20)34-2)36(31,32)27-11-12-28(22(29)16-27)19(14-17-6-4-3-5-7-17)23(30)26-24-25-10-13-35-24/h8-10,13,15,17,19H,3-7,11-12,14,16H2,1-2H3,(H,25,26,30). The monoisotopic (exact) mass is 536 g/mol. The molecule has 2 heterocycles. The molecular formula is C24H32N4O6S2. The fourth-order valence-corrected chi connectivity index (χ4v) is 6.84. The van der Waals surface area contributed by atoms with Gasteiger partial charge in [0.05, 0.1) is 25.7 Å². The van der Waals surface area contributed by atoms with Crippen molar-refractivity contribution in [2.75, 3.05) is 39.2 Å². The predicted molar refractivity (Wildman–Crippen MR) is 136 cm³/mol. The van der Waals surface area contributed by atoms with Crippen molar-refractivity contribution in [1.29, 1.82) is 0 Å². The molecule has 0 radical (unpaired) electrons. The van der Waals surface area contributed by atoms with E-state index in [4.69, 9.17) is 9.47 Å². The number of sulfonamides is 1. The number of methoxy groups -OCH3 is 2. The molecule has 1 aliphatic heterocycles. The van der Waals surface area contributed by atoms with E-state index in [2.05, 4.69) is 10.3 Å². The Balaban J connectivity index is 1.51. The first kappa shape index (κ1) is 26.4. The number of anilines is 1. The number of piperazine rings is 1. The summed E-state index contributed by atoms with van der Waals surface area (Å²) in [4.78, 5) is 32.2. The smallest absolute Gasteiger partial charge is 0.248 e. The Morgan fingerprint density at radius 3 is 2.56 bits per heavy atom. The molecule has 1 atom stereocenters. The molecule has 1 N–H and O–H groups in total. The number of amides is 2. The Labute approximate surface area is 215 Å². The average molecular weight is 537 g/mol. The molecule has 1 unspecified atom stereocenters. The van der Waals surface area contributed by atoms with Gasteiger partial charge >= 0.3 is 0 Å². The summed E-state index contributed by atoms with van der Waals surface area (Å²) < 4.78 is 38.2. The van der Waals surface area contributed by atoms with E-state index in [-0.39, 0.29) is 42.1 Å². The topological polar surface area (TPSA) is 118 Å². The zero-order valence-corrected chi connectivity index (χ0v) is 22.1. The van der Waals surface area contributed by atoms with Gasteiger partial charge in [0.15, 0.2) is 16.6 Å². The highest BCUT2D eigenvalue weighted by atomic mass is 32.2. The molecule has 196 valence electrons. The molecule has 2 aromatic rings. The van der Waals surface area contributed by atoms with Crippen molar-refractivity contribution in [1.82, 2.24) is 14.2 Å². The van der Waals surface area contributed by atoms with Crippen LogP contribution in [0.3, 0.4) is 0 Å². The number of nitrogens with one attached hydrogen (secondary N) is 1. The lowest BCUT2D eigenvalue weighted by Crippen LogP contribution is -2.58. The number of carbonyl (C=O) groups is 2. The number of thiazole rings is 1. The van der Waals surface area contributed by atoms with E-state index < -0.39 is 16.1 Å². The Bertz CT molecular complexity index is 1170. The number of carbonyl (C=O) groups excluding carboxylic acids is 2. The highest BCUT2D eigenvalue weighted by Crippen LogP contribution is 2.32. The van der Waals surface area contributed by atoms with Crippen LogP contribution in [0.4, 0.5) is 5.13 Å². The van der Waals surface area contributed by atoms with E-state index >= 15 is 0 Å². The lowest BCUT2D eigenvalue weighted by Gasteiger charge is -2.39. The van der Waals surface area contributed by atoms with E-state index in [9.17, 15) is 18.0 Å². The molecule has 2 aliphatic rings. The van der Waals surface area contributed by atoms with Gasteiger partial charge in [-0.3, -0.25) is 9.59 Å². The minimum atomic E-state index is -3.95. The van der Waals surface area contributed by atoms with Crippen LogP contribution < -0.4 is 14.8 Å². The third-order valence-corrected chi connectivity index (χ3v) is 9.37. The molecule has 1 aromatic carbocycles. The van der Waals surface area contributed by atoms with Crippen LogP contribution in [-0.4, -0.2) is 74.3 Å². The van der Waals surface area contributed by atoms with Crippen molar-refractivity contribution in [2.45, 2.75) is 49.5 Å². The van der Waals surface area contributed by atoms with Crippen molar-refractivity contribution in [3.8, 4) is 11.5 Å². The van der Waals surface area contributed by atoms with Gasteiger partial charge in [0.1, 0.15) is 6.04 Å². The van der Waals surface area contributed by atoms with E-state index in [1.165, 1.54) is 55.1 Å². The second kappa shape index (κ2) is 11.6. The number of hydrogen-bond acceptors (Lipinski definition) is 8. The van der Waals surface area contributed by atoms with E-state index in [0.29, 0.717) is 23.2 Å². The highest BCUT2D eigenvalue weighted by molar-refractivity contribution is 7.89. The molecule has 0 spiro atoms. The number of rotatable bonds is 9. The van der Waals surface area contributed by atoms with Gasteiger partial charge in [-0.25, -0.2) is 13.4 Å². The Hall–Kier alpha value is -2.70. The quantitative estimate of drug-likeness (QED) is 0.523. The molecule has 2 amide bonds. The molecule has 12 heteroatoms. The molecule has 10 nitrogen and oxygen atoms in total. The summed E-state index contributed by atoms with van der Waals surface area (Å²) in [7, 11) is -1.05. The second-order valence-electron chi connectivity index (χ2n) is 9.02. The van der Waals surface area contributed by atoms with Crippen molar-refractivity contribution in [3.05, 3.63) is 29.8 Å². The molecule has 1 saturated carbocycles. The summed E-state index contributed by atoms with van der Waals surface area (Å²) in [5.74, 6) is 0.386. The van der Waals surface area contributed by atoms with Gasteiger partial charge in [0.25, 0.3) is 0 Å². The Morgan fingerprint density at radius 2 is 1.92 bits per heavy atom. The lowest BCUT2D eigenvalue weighted by atomic mass is 9.84. The van der Waals surface area contributed by atoms with Gasteiger partial charge in [0, 0.05) is 30.7 Å². The van der Waals surface area contributed by atoms with Gasteiger partial charge in [-0.1, -0.05) is 32.1 Å². The summed E-state index contributed by atoms with van der Waals surface area (Å²) >= 11 is 1.32. The Kier molecular flexibility index (Phi) is 8.47. The maximum absolute atomic E-state index is 13.3. The van der Waals surface area contributed by atoms with E-state index in [1.807, 2.05) is 0 Å². The lowest BCUT2D eigenvalue weighted by molar-refractivity contribution is -0.142. The van der Waals surface area contributed by atoms with Gasteiger partial charge in [-0.15, -0.1) is 11.3 Å². The van der Waals surface area contributed by atoms with Crippen molar-refractivity contribution in [2.24, 2.45) is 5.92 Å². The molecule has 4 rings (SSSR count). The number of hydrogen-bond donors (Lipinski definition) is 1. The second-order valence-corrected chi connectivity index (χ2v) is 11.9. The van der Waals surface area contributed by atoms with Crippen LogP contribution in [0.2, 0.25) is 0 Å². The van der Waals surface area contributed by atoms with Crippen LogP contribution in [0.25, 0.3) is 0 Å². The molecule has 1 aliphatic carbocycles. The fraction of sp³-hybridized carbons (Fsp3) is 0.542. The number of benzene rings is 1. The number of aromatic nitrogens is 1. The zero-order valence-electron chi connectivity index (χ0n) is 20.5. The van der Waals surface area contributed by atoms with Crippen LogP contribution in [0.5, 0.6) is 11.5 Å². The van der Waals surface area contributed by atoms with Crippen molar-refractivity contribution < 1.29 is 27.5 Å². The molecule has 0 bridgehead atoms. The number of ether oxygens (including phenoxy) is 2. The number of nitrogens with zero attached hydrogens (tertiary/aromatic N) is 3. The maximum Gasteiger partial charge on any atom is 0.248 e. The summed E-state index contributed by atoms with van der Waals surface area (Å²) in [5.41, 5.74) is 0. The Morgan fingerprint density at radius 1 is 1.17 bits per heavy atom.